The van der Waals surface area contributed by atoms with Crippen LogP contribution in [0.2, 0.25) is 5.02 Å². The van der Waals surface area contributed by atoms with Crippen molar-refractivity contribution in [1.29, 1.82) is 0 Å². The largest absolute Gasteiger partial charge is 0.494 e. The number of halogens is 1. The van der Waals surface area contributed by atoms with Crippen LogP contribution in [-0.2, 0) is 0 Å². The minimum Gasteiger partial charge on any atom is -0.494 e. The van der Waals surface area contributed by atoms with Crippen molar-refractivity contribution in [2.75, 3.05) is 7.11 Å². The molecule has 0 aromatic heterocycles. The van der Waals surface area contributed by atoms with Crippen LogP contribution < -0.4 is 4.74 Å². The molecular weight excluding hydrogens is 260 g/mol. The van der Waals surface area contributed by atoms with E-state index < -0.39 is 0 Å². The molecule has 0 amide bonds. The molecule has 0 saturated carbocycles. The van der Waals surface area contributed by atoms with Gasteiger partial charge in [0.25, 0.3) is 0 Å². The van der Waals surface area contributed by atoms with Gasteiger partial charge in [-0.3, -0.25) is 0 Å². The van der Waals surface area contributed by atoms with E-state index in [2.05, 4.69) is 16.3 Å². The number of rotatable bonds is 3. The van der Waals surface area contributed by atoms with Crippen LogP contribution in [0.4, 0.5) is 11.4 Å². The molecule has 19 heavy (non-hydrogen) atoms. The third-order valence-corrected chi connectivity index (χ3v) is 2.92. The lowest BCUT2D eigenvalue weighted by molar-refractivity contribution is 0.412. The molecule has 2 rings (SSSR count). The van der Waals surface area contributed by atoms with E-state index in [0.717, 1.165) is 22.6 Å². The van der Waals surface area contributed by atoms with E-state index in [1.807, 2.05) is 32.0 Å². The highest BCUT2D eigenvalue weighted by atomic mass is 35.5. The molecule has 0 unspecified atom stereocenters. The Morgan fingerprint density at radius 3 is 2.53 bits per heavy atom. The summed E-state index contributed by atoms with van der Waals surface area (Å²) in [7, 11) is 1.63. The lowest BCUT2D eigenvalue weighted by atomic mass is 10.1. The molecular formula is C15H15ClN2O. The summed E-state index contributed by atoms with van der Waals surface area (Å²) in [6.45, 7) is 4.01. The first-order chi connectivity index (χ1) is 9.10. The number of aryl methyl sites for hydroxylation is 2. The van der Waals surface area contributed by atoms with Gasteiger partial charge in [0.1, 0.15) is 11.4 Å². The van der Waals surface area contributed by atoms with E-state index in [9.17, 15) is 0 Å². The van der Waals surface area contributed by atoms with Crippen molar-refractivity contribution in [1.82, 2.24) is 0 Å². The van der Waals surface area contributed by atoms with Crippen molar-refractivity contribution in [3.8, 4) is 5.75 Å². The first kappa shape index (κ1) is 13.6. The van der Waals surface area contributed by atoms with Crippen molar-refractivity contribution in [3.05, 3.63) is 52.5 Å². The molecule has 2 aromatic carbocycles. The van der Waals surface area contributed by atoms with Crippen LogP contribution in [0, 0.1) is 13.8 Å². The predicted octanol–water partition coefficient (Wildman–Crippen LogP) is 5.38. The third-order valence-electron chi connectivity index (χ3n) is 2.68. The first-order valence-corrected chi connectivity index (χ1v) is 6.30. The molecule has 4 heteroatoms. The van der Waals surface area contributed by atoms with Crippen LogP contribution >= 0.6 is 11.6 Å². The molecule has 3 nitrogen and oxygen atoms in total. The molecule has 0 N–H and O–H groups in total. The van der Waals surface area contributed by atoms with Crippen molar-refractivity contribution in [2.24, 2.45) is 10.2 Å². The van der Waals surface area contributed by atoms with Crippen LogP contribution in [-0.4, -0.2) is 7.11 Å². The molecule has 0 saturated heterocycles. The van der Waals surface area contributed by atoms with E-state index in [-0.39, 0.29) is 0 Å². The number of azo groups is 1. The molecule has 0 fully saturated rings. The fraction of sp³-hybridized carbons (Fsp3) is 0.200. The van der Waals surface area contributed by atoms with Gasteiger partial charge < -0.3 is 4.74 Å². The minimum absolute atomic E-state index is 0.642. The van der Waals surface area contributed by atoms with Gasteiger partial charge >= 0.3 is 0 Å². The Balaban J connectivity index is 2.38. The van der Waals surface area contributed by atoms with Crippen LogP contribution in [0.15, 0.2) is 46.6 Å². The molecule has 0 aliphatic carbocycles. The predicted molar refractivity (Wildman–Crippen MR) is 78.1 cm³/mol. The SMILES string of the molecule is COc1c(C)cc(C)cc1N=Nc1cccc(Cl)c1. The van der Waals surface area contributed by atoms with Gasteiger partial charge in [0, 0.05) is 5.02 Å². The van der Waals surface area contributed by atoms with E-state index in [0.29, 0.717) is 10.7 Å². The van der Waals surface area contributed by atoms with Gasteiger partial charge in [-0.15, -0.1) is 5.11 Å². The standard InChI is InChI=1S/C15H15ClN2O/c1-10-7-11(2)15(19-3)14(8-10)18-17-13-6-4-5-12(16)9-13/h4-9H,1-3H3. The maximum atomic E-state index is 5.91. The molecule has 0 aliphatic heterocycles. The van der Waals surface area contributed by atoms with Gasteiger partial charge in [-0.1, -0.05) is 23.7 Å². The minimum atomic E-state index is 0.642. The van der Waals surface area contributed by atoms with Crippen molar-refractivity contribution < 1.29 is 4.74 Å². The zero-order chi connectivity index (χ0) is 13.8. The number of hydrogen-bond acceptors (Lipinski definition) is 3. The summed E-state index contributed by atoms with van der Waals surface area (Å²) >= 11 is 5.91. The van der Waals surface area contributed by atoms with E-state index in [1.54, 1.807) is 19.2 Å². The van der Waals surface area contributed by atoms with E-state index in [1.165, 1.54) is 0 Å². The second-order valence-corrected chi connectivity index (χ2v) is 4.75. The normalized spacial score (nSPS) is 10.9. The lowest BCUT2D eigenvalue weighted by Gasteiger charge is -2.08. The summed E-state index contributed by atoms with van der Waals surface area (Å²) in [4.78, 5) is 0. The smallest absolute Gasteiger partial charge is 0.149 e. The van der Waals surface area contributed by atoms with Gasteiger partial charge in [-0.05, 0) is 49.2 Å². The van der Waals surface area contributed by atoms with Crippen LogP contribution in [0.5, 0.6) is 5.75 Å². The summed E-state index contributed by atoms with van der Waals surface area (Å²) in [5.41, 5.74) is 3.61. The second kappa shape index (κ2) is 5.85. The molecule has 0 aliphatic rings. The number of hydrogen-bond donors (Lipinski definition) is 0. The molecule has 0 bridgehead atoms. The van der Waals surface area contributed by atoms with Gasteiger partial charge in [0.2, 0.25) is 0 Å². The molecule has 0 spiro atoms. The van der Waals surface area contributed by atoms with Crippen molar-refractivity contribution >= 4 is 23.0 Å². The molecule has 2 aromatic rings. The highest BCUT2D eigenvalue weighted by Gasteiger charge is 2.06. The highest BCUT2D eigenvalue weighted by molar-refractivity contribution is 6.30. The number of benzene rings is 2. The van der Waals surface area contributed by atoms with E-state index >= 15 is 0 Å². The zero-order valence-corrected chi connectivity index (χ0v) is 11.9. The highest BCUT2D eigenvalue weighted by Crippen LogP contribution is 2.33. The summed E-state index contributed by atoms with van der Waals surface area (Å²) in [5, 5.41) is 9.08. The molecule has 0 radical (unpaired) electrons. The summed E-state index contributed by atoms with van der Waals surface area (Å²) < 4.78 is 5.36. The summed E-state index contributed by atoms with van der Waals surface area (Å²) in [6, 6.07) is 11.3. The van der Waals surface area contributed by atoms with Gasteiger partial charge in [-0.2, -0.15) is 5.11 Å². The third kappa shape index (κ3) is 3.32. The van der Waals surface area contributed by atoms with Crippen LogP contribution in [0.1, 0.15) is 11.1 Å². The maximum Gasteiger partial charge on any atom is 0.149 e. The maximum absolute atomic E-state index is 5.91. The number of ether oxygens (including phenoxy) is 1. The van der Waals surface area contributed by atoms with Crippen LogP contribution in [0.25, 0.3) is 0 Å². The van der Waals surface area contributed by atoms with Gasteiger partial charge in [0.15, 0.2) is 0 Å². The van der Waals surface area contributed by atoms with Crippen molar-refractivity contribution in [3.63, 3.8) is 0 Å². The number of nitrogens with zero attached hydrogens (tertiary/aromatic N) is 2. The van der Waals surface area contributed by atoms with Crippen molar-refractivity contribution in [2.45, 2.75) is 13.8 Å². The van der Waals surface area contributed by atoms with Gasteiger partial charge in [-0.25, -0.2) is 0 Å². The topological polar surface area (TPSA) is 34.0 Å². The lowest BCUT2D eigenvalue weighted by Crippen LogP contribution is -1.88. The quantitative estimate of drug-likeness (QED) is 0.692. The Kier molecular flexibility index (Phi) is 4.17. The van der Waals surface area contributed by atoms with Gasteiger partial charge in [0.05, 0.1) is 12.8 Å². The fourth-order valence-electron chi connectivity index (χ4n) is 1.92. The fourth-order valence-corrected chi connectivity index (χ4v) is 2.11. The average molecular weight is 275 g/mol. The summed E-state index contributed by atoms with van der Waals surface area (Å²) in [6.07, 6.45) is 0. The Labute approximate surface area is 117 Å². The Morgan fingerprint density at radius 1 is 1.05 bits per heavy atom. The molecule has 98 valence electrons. The van der Waals surface area contributed by atoms with E-state index in [4.69, 9.17) is 16.3 Å². The molecule has 0 heterocycles. The Bertz CT molecular complexity index is 624. The Morgan fingerprint density at radius 2 is 1.84 bits per heavy atom. The number of methoxy groups -OCH3 is 1. The second-order valence-electron chi connectivity index (χ2n) is 4.31. The average Bonchev–Trinajstić information content (AvgIpc) is 2.36. The van der Waals surface area contributed by atoms with Crippen LogP contribution in [0.3, 0.4) is 0 Å². The first-order valence-electron chi connectivity index (χ1n) is 5.92. The Hall–Kier alpha value is -1.87. The zero-order valence-electron chi connectivity index (χ0n) is 11.1. The monoisotopic (exact) mass is 274 g/mol. The molecule has 0 atom stereocenters. The summed E-state index contributed by atoms with van der Waals surface area (Å²) in [5.74, 6) is 0.747.